The van der Waals surface area contributed by atoms with Crippen LogP contribution < -0.4 is 0 Å². The molecule has 0 N–H and O–H groups in total. The van der Waals surface area contributed by atoms with E-state index in [1.54, 1.807) is 0 Å². The van der Waals surface area contributed by atoms with Crippen molar-refractivity contribution in [2.75, 3.05) is 0 Å². The molecule has 0 saturated carbocycles. The fourth-order valence-electron chi connectivity index (χ4n) is 1.78. The van der Waals surface area contributed by atoms with Gasteiger partial charge in [0.1, 0.15) is 5.78 Å². The number of rotatable bonds is 9. The van der Waals surface area contributed by atoms with Crippen LogP contribution in [-0.2, 0) is 4.79 Å². The normalized spacial score (nSPS) is 13.8. The molecule has 1 unspecified atom stereocenters. The Morgan fingerprint density at radius 1 is 1.00 bits per heavy atom. The molecule has 0 aliphatic heterocycles. The van der Waals surface area contributed by atoms with Gasteiger partial charge in [0, 0.05) is 12.0 Å². The van der Waals surface area contributed by atoms with Crippen LogP contribution in [0, 0.1) is 0 Å². The van der Waals surface area contributed by atoms with Crippen LogP contribution in [0.2, 0.25) is 25.2 Å². The van der Waals surface area contributed by atoms with Gasteiger partial charge in [-0.2, -0.15) is 0 Å². The third-order valence-corrected chi connectivity index (χ3v) is 6.48. The van der Waals surface area contributed by atoms with Crippen molar-refractivity contribution >= 4 is 13.9 Å². The van der Waals surface area contributed by atoms with Gasteiger partial charge in [-0.3, -0.25) is 4.79 Å². The molecule has 0 heterocycles. The zero-order valence-corrected chi connectivity index (χ0v) is 12.9. The van der Waals surface area contributed by atoms with Crippen molar-refractivity contribution in [3.05, 3.63) is 0 Å². The van der Waals surface area contributed by atoms with Crippen LogP contribution in [0.25, 0.3) is 0 Å². The molecule has 0 aromatic carbocycles. The molecule has 2 heteroatoms. The van der Waals surface area contributed by atoms with Crippen LogP contribution in [-0.4, -0.2) is 13.9 Å². The predicted octanol–water partition coefficient (Wildman–Crippen LogP) is 5.03. The summed E-state index contributed by atoms with van der Waals surface area (Å²) in [5.74, 6) is 0.509. The first-order chi connectivity index (χ1) is 7.39. The van der Waals surface area contributed by atoms with E-state index < -0.39 is 8.07 Å². The second-order valence-corrected chi connectivity index (χ2v) is 11.7. The van der Waals surface area contributed by atoms with Gasteiger partial charge in [0.25, 0.3) is 0 Å². The molecule has 1 nitrogen and oxygen atoms in total. The summed E-state index contributed by atoms with van der Waals surface area (Å²) in [6.07, 6.45) is 8.46. The van der Waals surface area contributed by atoms with E-state index in [2.05, 4.69) is 33.5 Å². The fraction of sp³-hybridized carbons (Fsp3) is 0.929. The summed E-state index contributed by atoms with van der Waals surface area (Å²) >= 11 is 0. The van der Waals surface area contributed by atoms with Gasteiger partial charge in [0.2, 0.25) is 0 Å². The first-order valence-corrected chi connectivity index (χ1v) is 10.5. The topological polar surface area (TPSA) is 17.1 Å². The molecule has 0 bridgehead atoms. The molecule has 0 aromatic heterocycles. The summed E-state index contributed by atoms with van der Waals surface area (Å²) in [4.78, 5) is 11.9. The Morgan fingerprint density at radius 3 is 2.00 bits per heavy atom. The largest absolute Gasteiger partial charge is 0.300 e. The highest BCUT2D eigenvalue weighted by atomic mass is 28.3. The number of carbonyl (C=O) groups excluding carboxylic acids is 1. The maximum atomic E-state index is 11.9. The number of Topliss-reactive ketones (excluding diaryl/α,β-unsaturated/α-hetero) is 1. The lowest BCUT2D eigenvalue weighted by molar-refractivity contribution is -0.118. The average molecular weight is 242 g/mol. The molecule has 0 aromatic rings. The molecular weight excluding hydrogens is 212 g/mol. The van der Waals surface area contributed by atoms with Crippen LogP contribution in [0.3, 0.4) is 0 Å². The fourth-order valence-corrected chi connectivity index (χ4v) is 2.89. The van der Waals surface area contributed by atoms with Gasteiger partial charge in [-0.15, -0.1) is 0 Å². The molecule has 0 rings (SSSR count). The van der Waals surface area contributed by atoms with E-state index in [4.69, 9.17) is 0 Å². The minimum absolute atomic E-state index is 0.336. The van der Waals surface area contributed by atoms with Crippen molar-refractivity contribution in [2.45, 2.75) is 84.0 Å². The number of carbonyl (C=O) groups is 1. The molecule has 1 atom stereocenters. The highest BCUT2D eigenvalue weighted by Gasteiger charge is 2.27. The lowest BCUT2D eigenvalue weighted by Gasteiger charge is -2.23. The Morgan fingerprint density at radius 2 is 1.50 bits per heavy atom. The van der Waals surface area contributed by atoms with E-state index in [0.717, 1.165) is 12.8 Å². The molecular formula is C14H30OSi. The molecule has 0 fully saturated rings. The first-order valence-electron chi connectivity index (χ1n) is 6.92. The van der Waals surface area contributed by atoms with Gasteiger partial charge in [0.05, 0.1) is 8.07 Å². The second kappa shape index (κ2) is 8.05. The van der Waals surface area contributed by atoms with Gasteiger partial charge in [-0.1, -0.05) is 65.6 Å². The highest BCUT2D eigenvalue weighted by molar-refractivity contribution is 6.80. The summed E-state index contributed by atoms with van der Waals surface area (Å²) in [5.41, 5.74) is 0.336. The van der Waals surface area contributed by atoms with Crippen molar-refractivity contribution in [2.24, 2.45) is 0 Å². The molecule has 0 aliphatic rings. The minimum Gasteiger partial charge on any atom is -0.300 e. The predicted molar refractivity (Wildman–Crippen MR) is 75.8 cm³/mol. The monoisotopic (exact) mass is 242 g/mol. The Bertz CT molecular complexity index is 193. The third-order valence-electron chi connectivity index (χ3n) is 3.56. The standard InChI is InChI=1S/C14H30OSi/c1-6-7-8-9-10-11-12-14(15)13(2)16(3,4)5/h13H,6-12H2,1-5H3. The Labute approximate surface area is 103 Å². The van der Waals surface area contributed by atoms with E-state index in [-0.39, 0.29) is 0 Å². The lowest BCUT2D eigenvalue weighted by atomic mass is 10.1. The van der Waals surface area contributed by atoms with Crippen LogP contribution >= 0.6 is 0 Å². The minimum atomic E-state index is -1.25. The van der Waals surface area contributed by atoms with Crippen LogP contribution in [0.15, 0.2) is 0 Å². The van der Waals surface area contributed by atoms with E-state index in [1.807, 2.05) is 0 Å². The van der Waals surface area contributed by atoms with Crippen molar-refractivity contribution in [3.63, 3.8) is 0 Å². The maximum Gasteiger partial charge on any atom is 0.133 e. The van der Waals surface area contributed by atoms with E-state index in [0.29, 0.717) is 11.3 Å². The molecule has 96 valence electrons. The summed E-state index contributed by atoms with van der Waals surface area (Å²) in [6.45, 7) is 11.2. The van der Waals surface area contributed by atoms with Crippen LogP contribution in [0.4, 0.5) is 0 Å². The molecule has 0 radical (unpaired) electrons. The first kappa shape index (κ1) is 15.9. The highest BCUT2D eigenvalue weighted by Crippen LogP contribution is 2.24. The van der Waals surface area contributed by atoms with E-state index >= 15 is 0 Å². The van der Waals surface area contributed by atoms with Crippen molar-refractivity contribution in [3.8, 4) is 0 Å². The lowest BCUT2D eigenvalue weighted by Crippen LogP contribution is -2.31. The van der Waals surface area contributed by atoms with E-state index in [1.165, 1.54) is 32.1 Å². The van der Waals surface area contributed by atoms with E-state index in [9.17, 15) is 4.79 Å². The van der Waals surface area contributed by atoms with Gasteiger partial charge in [-0.25, -0.2) is 0 Å². The number of hydrogen-bond acceptors (Lipinski definition) is 1. The van der Waals surface area contributed by atoms with Gasteiger partial charge >= 0.3 is 0 Å². The SMILES string of the molecule is CCCCCCCCC(=O)C(C)[Si](C)(C)C. The van der Waals surface area contributed by atoms with Gasteiger partial charge < -0.3 is 0 Å². The summed E-state index contributed by atoms with van der Waals surface area (Å²) in [5, 5.41) is 0. The number of unbranched alkanes of at least 4 members (excludes halogenated alkanes) is 5. The summed E-state index contributed by atoms with van der Waals surface area (Å²) in [7, 11) is -1.25. The van der Waals surface area contributed by atoms with Crippen molar-refractivity contribution in [1.29, 1.82) is 0 Å². The van der Waals surface area contributed by atoms with Crippen molar-refractivity contribution < 1.29 is 4.79 Å². The van der Waals surface area contributed by atoms with Gasteiger partial charge in [-0.05, 0) is 6.42 Å². The summed E-state index contributed by atoms with van der Waals surface area (Å²) < 4.78 is 0. The average Bonchev–Trinajstić information content (AvgIpc) is 2.20. The second-order valence-electron chi connectivity index (χ2n) is 6.07. The zero-order valence-electron chi connectivity index (χ0n) is 11.9. The van der Waals surface area contributed by atoms with Crippen molar-refractivity contribution in [1.82, 2.24) is 0 Å². The smallest absolute Gasteiger partial charge is 0.133 e. The number of ketones is 1. The van der Waals surface area contributed by atoms with Gasteiger partial charge in [0.15, 0.2) is 0 Å². The maximum absolute atomic E-state index is 11.9. The van der Waals surface area contributed by atoms with Crippen LogP contribution in [0.5, 0.6) is 0 Å². The molecule has 0 saturated heterocycles. The Balaban J connectivity index is 3.58. The number of hydrogen-bond donors (Lipinski definition) is 0. The summed E-state index contributed by atoms with van der Waals surface area (Å²) in [6, 6.07) is 0. The molecule has 0 spiro atoms. The molecule has 0 aliphatic carbocycles. The molecule has 0 amide bonds. The Hall–Kier alpha value is -0.113. The Kier molecular flexibility index (Phi) is 7.99. The molecule has 16 heavy (non-hydrogen) atoms. The zero-order chi connectivity index (χ0) is 12.6. The van der Waals surface area contributed by atoms with Crippen LogP contribution in [0.1, 0.15) is 58.8 Å². The third kappa shape index (κ3) is 7.21. The quantitative estimate of drug-likeness (QED) is 0.409.